The van der Waals surface area contributed by atoms with Gasteiger partial charge in [-0.15, -0.1) is 0 Å². The molecule has 4 nitrogen and oxygen atoms in total. The minimum Gasteiger partial charge on any atom is -0.381 e. The van der Waals surface area contributed by atoms with Gasteiger partial charge in [-0.1, -0.05) is 19.9 Å². The molecule has 4 rings (SSSR count). The first-order chi connectivity index (χ1) is 13.4. The Labute approximate surface area is 168 Å². The minimum atomic E-state index is -0.610. The summed E-state index contributed by atoms with van der Waals surface area (Å²) < 4.78 is 30.5. The van der Waals surface area contributed by atoms with E-state index in [0.29, 0.717) is 31.0 Å². The first-order valence-electron chi connectivity index (χ1n) is 10.8. The van der Waals surface area contributed by atoms with Crippen LogP contribution in [0.4, 0.5) is 4.39 Å². The molecule has 28 heavy (non-hydrogen) atoms. The lowest BCUT2D eigenvalue weighted by Crippen LogP contribution is -2.57. The van der Waals surface area contributed by atoms with E-state index in [0.717, 1.165) is 25.7 Å². The third-order valence-corrected chi connectivity index (χ3v) is 9.06. The molecule has 0 heterocycles. The van der Waals surface area contributed by atoms with Crippen LogP contribution in [0.25, 0.3) is 0 Å². The lowest BCUT2D eigenvalue weighted by Gasteiger charge is -2.55. The molecule has 0 radical (unpaired) electrons. The molecule has 0 aromatic heterocycles. The van der Waals surface area contributed by atoms with Crippen LogP contribution in [0.5, 0.6) is 0 Å². The van der Waals surface area contributed by atoms with Gasteiger partial charge in [0.1, 0.15) is 12.6 Å². The summed E-state index contributed by atoms with van der Waals surface area (Å²) in [5.74, 6) is 1.25. The van der Waals surface area contributed by atoms with Crippen LogP contribution in [0.2, 0.25) is 0 Å². The summed E-state index contributed by atoms with van der Waals surface area (Å²) in [6, 6.07) is 0. The molecule has 0 aromatic carbocycles. The number of carbonyl (C=O) groups is 1. The van der Waals surface area contributed by atoms with Gasteiger partial charge in [0.25, 0.3) is 0 Å². The molecule has 4 fully saturated rings. The van der Waals surface area contributed by atoms with Crippen LogP contribution in [0.3, 0.4) is 0 Å². The van der Waals surface area contributed by atoms with Crippen LogP contribution in [0, 0.1) is 34.0 Å². The Kier molecular flexibility index (Phi) is 5.25. The van der Waals surface area contributed by atoms with Gasteiger partial charge >= 0.3 is 0 Å². The molecule has 0 aromatic rings. The van der Waals surface area contributed by atoms with Gasteiger partial charge in [-0.3, -0.25) is 4.79 Å². The van der Waals surface area contributed by atoms with Crippen molar-refractivity contribution in [2.45, 2.75) is 71.0 Å². The molecule has 8 atom stereocenters. The van der Waals surface area contributed by atoms with E-state index in [1.54, 1.807) is 7.11 Å². The standard InChI is InChI=1S/C23H35FO4/c1-15-20(25)21(2,8-5-11-24)13-18(28-14-26-3)23-12-16(23)6-9-22(15)10-7-17(27-4)19(22)23/h5,11,15-19H,6-10,12-14H2,1-4H3/t15-,16-,17+,18+,19?,21+,22?,23-/m0/s1. The predicted molar refractivity (Wildman–Crippen MR) is 104 cm³/mol. The SMILES string of the molecule is COCO[C@@H]1C[C@@](C)(CC=CF)C(=O)[C@H](C)C23CC[C@H]4C[C@]41C2[C@H](OC)CC3. The highest BCUT2D eigenvalue weighted by molar-refractivity contribution is 5.87. The van der Waals surface area contributed by atoms with Gasteiger partial charge in [-0.2, -0.15) is 0 Å². The van der Waals surface area contributed by atoms with Crippen LogP contribution in [0.15, 0.2) is 12.4 Å². The summed E-state index contributed by atoms with van der Waals surface area (Å²) in [6.45, 7) is 4.38. The smallest absolute Gasteiger partial charge is 0.146 e. The van der Waals surface area contributed by atoms with E-state index in [1.165, 1.54) is 12.5 Å². The van der Waals surface area contributed by atoms with E-state index in [-0.39, 0.29) is 41.5 Å². The van der Waals surface area contributed by atoms with Crippen molar-refractivity contribution in [2.75, 3.05) is 21.0 Å². The van der Waals surface area contributed by atoms with Crippen molar-refractivity contribution in [3.8, 4) is 0 Å². The van der Waals surface area contributed by atoms with Crippen molar-refractivity contribution in [1.29, 1.82) is 0 Å². The Morgan fingerprint density at radius 1 is 1.21 bits per heavy atom. The van der Waals surface area contributed by atoms with Crippen LogP contribution in [-0.4, -0.2) is 39.0 Å². The monoisotopic (exact) mass is 394 g/mol. The lowest BCUT2D eigenvalue weighted by molar-refractivity contribution is -0.182. The summed E-state index contributed by atoms with van der Waals surface area (Å²) in [4.78, 5) is 13.8. The molecule has 5 heteroatoms. The number of carbonyl (C=O) groups excluding carboxylic acids is 1. The number of ether oxygens (including phenoxy) is 3. The van der Waals surface area contributed by atoms with Gasteiger partial charge in [0.2, 0.25) is 0 Å². The minimum absolute atomic E-state index is 0.0133. The number of methoxy groups -OCH3 is 2. The fourth-order valence-corrected chi connectivity index (χ4v) is 7.71. The second kappa shape index (κ2) is 7.17. The third kappa shape index (κ3) is 2.69. The fraction of sp³-hybridized carbons (Fsp3) is 0.870. The van der Waals surface area contributed by atoms with Gasteiger partial charge in [0.15, 0.2) is 0 Å². The van der Waals surface area contributed by atoms with Crippen LogP contribution in [-0.2, 0) is 19.0 Å². The van der Waals surface area contributed by atoms with Gasteiger partial charge in [-0.05, 0) is 62.2 Å². The predicted octanol–water partition coefficient (Wildman–Crippen LogP) is 4.68. The van der Waals surface area contributed by atoms with Crippen molar-refractivity contribution in [1.82, 2.24) is 0 Å². The Morgan fingerprint density at radius 2 is 1.96 bits per heavy atom. The van der Waals surface area contributed by atoms with Crippen molar-refractivity contribution in [2.24, 2.45) is 34.0 Å². The van der Waals surface area contributed by atoms with Gasteiger partial charge < -0.3 is 14.2 Å². The highest BCUT2D eigenvalue weighted by Gasteiger charge is 2.76. The Bertz CT molecular complexity index is 651. The van der Waals surface area contributed by atoms with Crippen molar-refractivity contribution in [3.63, 3.8) is 0 Å². The van der Waals surface area contributed by atoms with E-state index in [9.17, 15) is 9.18 Å². The molecule has 4 saturated carbocycles. The number of ketones is 1. The highest BCUT2D eigenvalue weighted by atomic mass is 19.1. The summed E-state index contributed by atoms with van der Waals surface area (Å²) in [6.07, 6.45) is 8.78. The van der Waals surface area contributed by atoms with Gasteiger partial charge in [-0.25, -0.2) is 4.39 Å². The number of rotatable bonds is 6. The largest absolute Gasteiger partial charge is 0.381 e. The molecule has 4 aliphatic carbocycles. The Morgan fingerprint density at radius 3 is 2.64 bits per heavy atom. The Balaban J connectivity index is 1.81. The van der Waals surface area contributed by atoms with E-state index in [1.807, 2.05) is 14.0 Å². The lowest BCUT2D eigenvalue weighted by atomic mass is 9.50. The number of Topliss-reactive ketones (excluding diaryl/α,β-unsaturated/α-hetero) is 1. The molecule has 0 amide bonds. The summed E-state index contributed by atoms with van der Waals surface area (Å²) in [7, 11) is 3.46. The zero-order valence-electron chi connectivity index (χ0n) is 17.7. The van der Waals surface area contributed by atoms with E-state index < -0.39 is 5.41 Å². The van der Waals surface area contributed by atoms with Crippen LogP contribution >= 0.6 is 0 Å². The number of hydrogen-bond donors (Lipinski definition) is 0. The maximum absolute atomic E-state index is 13.8. The molecule has 0 saturated heterocycles. The maximum atomic E-state index is 13.8. The second-order valence-corrected chi connectivity index (χ2v) is 10.1. The third-order valence-electron chi connectivity index (χ3n) is 9.06. The quantitative estimate of drug-likeness (QED) is 0.614. The van der Waals surface area contributed by atoms with E-state index >= 15 is 0 Å². The van der Waals surface area contributed by atoms with Crippen molar-refractivity contribution < 1.29 is 23.4 Å². The van der Waals surface area contributed by atoms with Crippen molar-refractivity contribution >= 4 is 5.78 Å². The molecule has 2 unspecified atom stereocenters. The molecule has 1 spiro atoms. The summed E-state index contributed by atoms with van der Waals surface area (Å²) in [5, 5.41) is 0. The number of allylic oxidation sites excluding steroid dienone is 1. The molecule has 0 N–H and O–H groups in total. The molecular formula is C23H35FO4. The Hall–Kier alpha value is -0.780. The highest BCUT2D eigenvalue weighted by Crippen LogP contribution is 2.78. The van der Waals surface area contributed by atoms with E-state index in [2.05, 4.69) is 6.92 Å². The average molecular weight is 395 g/mol. The molecular weight excluding hydrogens is 359 g/mol. The number of halogens is 1. The maximum Gasteiger partial charge on any atom is 0.146 e. The average Bonchev–Trinajstić information content (AvgIpc) is 3.33. The van der Waals surface area contributed by atoms with Crippen LogP contribution < -0.4 is 0 Å². The zero-order valence-corrected chi connectivity index (χ0v) is 17.7. The molecule has 0 aliphatic heterocycles. The topological polar surface area (TPSA) is 44.8 Å². The zero-order chi connectivity index (χ0) is 20.2. The normalized spacial score (nSPS) is 50.2. The van der Waals surface area contributed by atoms with Crippen molar-refractivity contribution in [3.05, 3.63) is 12.4 Å². The van der Waals surface area contributed by atoms with Gasteiger partial charge in [0, 0.05) is 31.0 Å². The second-order valence-electron chi connectivity index (χ2n) is 10.1. The fourth-order valence-electron chi connectivity index (χ4n) is 7.71. The van der Waals surface area contributed by atoms with Gasteiger partial charge in [0.05, 0.1) is 18.5 Å². The van der Waals surface area contributed by atoms with E-state index in [4.69, 9.17) is 14.2 Å². The number of hydrogen-bond acceptors (Lipinski definition) is 4. The first-order valence-corrected chi connectivity index (χ1v) is 10.8. The molecule has 2 bridgehead atoms. The summed E-state index contributed by atoms with van der Waals surface area (Å²) in [5.41, 5.74) is -0.550. The molecule has 158 valence electrons. The van der Waals surface area contributed by atoms with Crippen LogP contribution in [0.1, 0.15) is 58.8 Å². The summed E-state index contributed by atoms with van der Waals surface area (Å²) >= 11 is 0. The molecule has 4 aliphatic rings. The first kappa shape index (κ1) is 20.5.